The van der Waals surface area contributed by atoms with Gasteiger partial charge in [0.05, 0.1) is 0 Å². The molecule has 3 rings (SSSR count). The van der Waals surface area contributed by atoms with Crippen LogP contribution in [0, 0.1) is 0 Å². The van der Waals surface area contributed by atoms with Crippen molar-refractivity contribution >= 4 is 17.7 Å². The molecule has 0 saturated carbocycles. The minimum absolute atomic E-state index is 0.0675. The number of piperazine rings is 1. The Kier molecular flexibility index (Phi) is 3.74. The predicted octanol–water partition coefficient (Wildman–Crippen LogP) is -0.489. The van der Waals surface area contributed by atoms with E-state index in [-0.39, 0.29) is 25.0 Å². The van der Waals surface area contributed by atoms with Gasteiger partial charge >= 0.3 is 0 Å². The van der Waals surface area contributed by atoms with Gasteiger partial charge in [-0.15, -0.1) is 0 Å². The average Bonchev–Trinajstić information content (AvgIpc) is 2.95. The summed E-state index contributed by atoms with van der Waals surface area (Å²) in [5.74, 6) is -1.12. The first-order valence-corrected chi connectivity index (χ1v) is 7.14. The van der Waals surface area contributed by atoms with E-state index in [2.05, 4.69) is 10.6 Å². The first kappa shape index (κ1) is 13.8. The molecule has 7 heteroatoms. The van der Waals surface area contributed by atoms with Crippen LogP contribution in [0.2, 0.25) is 0 Å². The Labute approximate surface area is 122 Å². The zero-order valence-electron chi connectivity index (χ0n) is 11.7. The van der Waals surface area contributed by atoms with Gasteiger partial charge < -0.3 is 14.8 Å². The molecule has 0 spiro atoms. The molecule has 3 amide bonds. The summed E-state index contributed by atoms with van der Waals surface area (Å²) in [4.78, 5) is 36.7. The monoisotopic (exact) mass is 290 g/mol. The lowest BCUT2D eigenvalue weighted by atomic mass is 10.1. The molecule has 1 aromatic rings. The van der Waals surface area contributed by atoms with E-state index in [0.717, 1.165) is 25.9 Å². The molecule has 2 aliphatic rings. The molecule has 0 aromatic carbocycles. The molecule has 0 atom stereocenters. The largest absolute Gasteiger partial charge is 0.340 e. The lowest BCUT2D eigenvalue weighted by molar-refractivity contribution is -0.135. The van der Waals surface area contributed by atoms with E-state index < -0.39 is 11.8 Å². The van der Waals surface area contributed by atoms with Crippen molar-refractivity contribution in [1.29, 1.82) is 0 Å². The van der Waals surface area contributed by atoms with Gasteiger partial charge in [-0.1, -0.05) is 0 Å². The third kappa shape index (κ3) is 2.82. The van der Waals surface area contributed by atoms with Crippen molar-refractivity contribution in [3.8, 4) is 0 Å². The molecular formula is C14H18N4O3. The molecule has 2 N–H and O–H groups in total. The first-order chi connectivity index (χ1) is 10.1. The van der Waals surface area contributed by atoms with Crippen molar-refractivity contribution in [2.75, 3.05) is 26.2 Å². The van der Waals surface area contributed by atoms with Crippen LogP contribution in [-0.2, 0) is 9.59 Å². The van der Waals surface area contributed by atoms with Gasteiger partial charge in [0.25, 0.3) is 5.91 Å². The smallest absolute Gasteiger partial charge is 0.271 e. The normalized spacial score (nSPS) is 20.5. The topological polar surface area (TPSA) is 83.4 Å². The number of nitrogens with zero attached hydrogens (tertiary/aromatic N) is 2. The number of rotatable bonds is 2. The summed E-state index contributed by atoms with van der Waals surface area (Å²) < 4.78 is 1.97. The molecular weight excluding hydrogens is 272 g/mol. The van der Waals surface area contributed by atoms with Crippen molar-refractivity contribution < 1.29 is 14.4 Å². The number of hydrogen-bond donors (Lipinski definition) is 2. The Morgan fingerprint density at radius 2 is 1.81 bits per heavy atom. The molecule has 0 radical (unpaired) electrons. The minimum Gasteiger partial charge on any atom is -0.340 e. The van der Waals surface area contributed by atoms with Gasteiger partial charge in [0.15, 0.2) is 0 Å². The van der Waals surface area contributed by atoms with Crippen molar-refractivity contribution in [3.05, 3.63) is 24.0 Å². The lowest BCUT2D eigenvalue weighted by Gasteiger charge is -2.29. The summed E-state index contributed by atoms with van der Waals surface area (Å²) in [7, 11) is 0. The van der Waals surface area contributed by atoms with Crippen molar-refractivity contribution in [2.45, 2.75) is 18.9 Å². The molecule has 0 aliphatic carbocycles. The summed E-state index contributed by atoms with van der Waals surface area (Å²) in [5, 5.41) is 5.49. The molecule has 3 heterocycles. The summed E-state index contributed by atoms with van der Waals surface area (Å²) in [5.41, 5.74) is 0.546. The van der Waals surface area contributed by atoms with Crippen molar-refractivity contribution in [1.82, 2.24) is 20.1 Å². The number of carbonyl (C=O) groups excluding carboxylic acids is 3. The fourth-order valence-corrected chi connectivity index (χ4v) is 2.92. The Morgan fingerprint density at radius 1 is 1.14 bits per heavy atom. The fraction of sp³-hybridized carbons (Fsp3) is 0.500. The maximum absolute atomic E-state index is 12.6. The minimum atomic E-state index is -0.431. The second-order valence-corrected chi connectivity index (χ2v) is 5.41. The third-order valence-electron chi connectivity index (χ3n) is 3.94. The predicted molar refractivity (Wildman–Crippen MR) is 74.6 cm³/mol. The van der Waals surface area contributed by atoms with Gasteiger partial charge in [-0.2, -0.15) is 0 Å². The van der Waals surface area contributed by atoms with Crippen LogP contribution in [0.5, 0.6) is 0 Å². The summed E-state index contributed by atoms with van der Waals surface area (Å²) in [6, 6.07) is 3.87. The average molecular weight is 290 g/mol. The molecule has 112 valence electrons. The highest BCUT2D eigenvalue weighted by molar-refractivity contribution is 6.05. The van der Waals surface area contributed by atoms with Gasteiger partial charge in [-0.05, 0) is 38.1 Å². The molecule has 2 fully saturated rings. The van der Waals surface area contributed by atoms with Crippen LogP contribution in [0.3, 0.4) is 0 Å². The Hall–Kier alpha value is -2.15. The van der Waals surface area contributed by atoms with E-state index >= 15 is 0 Å². The van der Waals surface area contributed by atoms with E-state index in [1.54, 1.807) is 6.07 Å². The number of piperidine rings is 1. The Bertz CT molecular complexity index is 559. The SMILES string of the molecule is O=C1CN(C(=O)c2cccn2C2CCNCC2)CC(=O)N1. The number of hydrogen-bond acceptors (Lipinski definition) is 4. The quantitative estimate of drug-likeness (QED) is 0.720. The highest BCUT2D eigenvalue weighted by Crippen LogP contribution is 2.22. The lowest BCUT2D eigenvalue weighted by Crippen LogP contribution is -2.53. The van der Waals surface area contributed by atoms with Crippen LogP contribution in [0.1, 0.15) is 29.4 Å². The second kappa shape index (κ2) is 5.69. The van der Waals surface area contributed by atoms with Gasteiger partial charge in [0.1, 0.15) is 18.8 Å². The zero-order valence-corrected chi connectivity index (χ0v) is 11.7. The molecule has 2 saturated heterocycles. The van der Waals surface area contributed by atoms with Crippen LogP contribution in [0.25, 0.3) is 0 Å². The van der Waals surface area contributed by atoms with Crippen LogP contribution >= 0.6 is 0 Å². The summed E-state index contributed by atoms with van der Waals surface area (Å²) >= 11 is 0. The van der Waals surface area contributed by atoms with E-state index in [0.29, 0.717) is 5.69 Å². The third-order valence-corrected chi connectivity index (χ3v) is 3.94. The molecule has 2 aliphatic heterocycles. The maximum Gasteiger partial charge on any atom is 0.271 e. The van der Waals surface area contributed by atoms with Gasteiger partial charge in [-0.25, -0.2) is 0 Å². The van der Waals surface area contributed by atoms with E-state index in [1.807, 2.05) is 16.8 Å². The van der Waals surface area contributed by atoms with Crippen molar-refractivity contribution in [3.63, 3.8) is 0 Å². The van der Waals surface area contributed by atoms with Gasteiger partial charge in [0.2, 0.25) is 11.8 Å². The van der Waals surface area contributed by atoms with E-state index in [9.17, 15) is 14.4 Å². The van der Waals surface area contributed by atoms with Gasteiger partial charge in [-0.3, -0.25) is 19.7 Å². The molecule has 1 aromatic heterocycles. The van der Waals surface area contributed by atoms with E-state index in [4.69, 9.17) is 0 Å². The van der Waals surface area contributed by atoms with Crippen LogP contribution in [-0.4, -0.2) is 53.4 Å². The Morgan fingerprint density at radius 3 is 2.48 bits per heavy atom. The number of carbonyl (C=O) groups is 3. The van der Waals surface area contributed by atoms with Crippen LogP contribution < -0.4 is 10.6 Å². The van der Waals surface area contributed by atoms with Crippen LogP contribution in [0.4, 0.5) is 0 Å². The summed E-state index contributed by atoms with van der Waals surface area (Å²) in [6.45, 7) is 1.73. The molecule has 0 bridgehead atoms. The number of nitrogens with one attached hydrogen (secondary N) is 2. The van der Waals surface area contributed by atoms with E-state index in [1.165, 1.54) is 4.90 Å². The number of aromatic nitrogens is 1. The Balaban J connectivity index is 1.80. The highest BCUT2D eigenvalue weighted by atomic mass is 16.2. The standard InChI is InChI=1S/C14H18N4O3/c19-12-8-17(9-13(20)16-12)14(21)11-2-1-7-18(11)10-3-5-15-6-4-10/h1-2,7,10,15H,3-6,8-9H2,(H,16,19,20). The second-order valence-electron chi connectivity index (χ2n) is 5.41. The maximum atomic E-state index is 12.6. The molecule has 7 nitrogen and oxygen atoms in total. The summed E-state index contributed by atoms with van der Waals surface area (Å²) in [6.07, 6.45) is 3.83. The van der Waals surface area contributed by atoms with Crippen LogP contribution in [0.15, 0.2) is 18.3 Å². The van der Waals surface area contributed by atoms with Crippen molar-refractivity contribution in [2.24, 2.45) is 0 Å². The number of imide groups is 1. The number of amides is 3. The molecule has 0 unspecified atom stereocenters. The first-order valence-electron chi connectivity index (χ1n) is 7.14. The van der Waals surface area contributed by atoms with Gasteiger partial charge in [0, 0.05) is 12.2 Å². The zero-order chi connectivity index (χ0) is 14.8. The highest BCUT2D eigenvalue weighted by Gasteiger charge is 2.29. The molecule has 21 heavy (non-hydrogen) atoms. The fourth-order valence-electron chi connectivity index (χ4n) is 2.92.